The zero-order valence-electron chi connectivity index (χ0n) is 17.0. The lowest BCUT2D eigenvalue weighted by Gasteiger charge is -2.38. The van der Waals surface area contributed by atoms with E-state index in [2.05, 4.69) is 0 Å². The Kier molecular flexibility index (Phi) is 4.94. The van der Waals surface area contributed by atoms with Gasteiger partial charge < -0.3 is 14.2 Å². The number of hydrazone groups is 1. The molecule has 0 saturated carbocycles. The van der Waals surface area contributed by atoms with Gasteiger partial charge in [-0.1, -0.05) is 23.7 Å². The first-order valence-electron chi connectivity index (χ1n) is 9.87. The lowest BCUT2D eigenvalue weighted by molar-refractivity contribution is -0.0192. The summed E-state index contributed by atoms with van der Waals surface area (Å²) in [4.78, 5) is 0. The topological polar surface area (TPSA) is 43.3 Å². The van der Waals surface area contributed by atoms with E-state index in [-0.39, 0.29) is 11.9 Å². The van der Waals surface area contributed by atoms with Crippen molar-refractivity contribution < 1.29 is 18.6 Å². The molecule has 2 heterocycles. The van der Waals surface area contributed by atoms with Gasteiger partial charge in [-0.2, -0.15) is 5.10 Å². The number of hydrogen-bond donors (Lipinski definition) is 0. The number of benzene rings is 3. The van der Waals surface area contributed by atoms with Crippen LogP contribution in [-0.2, 0) is 0 Å². The first-order valence-corrected chi connectivity index (χ1v) is 10.2. The van der Waals surface area contributed by atoms with Gasteiger partial charge in [0.15, 0.2) is 11.5 Å². The minimum Gasteiger partial charge on any atom is -0.493 e. The summed E-state index contributed by atoms with van der Waals surface area (Å²) in [6.45, 7) is 0. The highest BCUT2D eigenvalue weighted by Crippen LogP contribution is 2.48. The van der Waals surface area contributed by atoms with Crippen LogP contribution in [0.3, 0.4) is 0 Å². The molecule has 0 spiro atoms. The van der Waals surface area contributed by atoms with E-state index in [1.165, 1.54) is 12.1 Å². The molecule has 2 aliphatic heterocycles. The van der Waals surface area contributed by atoms with Crippen LogP contribution in [-0.4, -0.2) is 24.9 Å². The van der Waals surface area contributed by atoms with E-state index in [0.717, 1.165) is 22.6 Å². The Morgan fingerprint density at radius 3 is 2.65 bits per heavy atom. The van der Waals surface area contributed by atoms with E-state index >= 15 is 0 Å². The highest BCUT2D eigenvalue weighted by atomic mass is 35.5. The van der Waals surface area contributed by atoms with Crippen molar-refractivity contribution in [3.63, 3.8) is 0 Å². The molecule has 5 rings (SSSR count). The van der Waals surface area contributed by atoms with Crippen LogP contribution in [0.5, 0.6) is 17.2 Å². The van der Waals surface area contributed by atoms with Crippen molar-refractivity contribution in [2.45, 2.75) is 18.7 Å². The summed E-state index contributed by atoms with van der Waals surface area (Å²) >= 11 is 6.28. The van der Waals surface area contributed by atoms with Crippen LogP contribution >= 0.6 is 11.6 Å². The normalized spacial score (nSPS) is 19.2. The molecule has 5 nitrogen and oxygen atoms in total. The van der Waals surface area contributed by atoms with Gasteiger partial charge in [0.05, 0.1) is 26.0 Å². The average Bonchev–Trinajstić information content (AvgIpc) is 3.24. The fourth-order valence-electron chi connectivity index (χ4n) is 4.13. The Morgan fingerprint density at radius 2 is 1.87 bits per heavy atom. The highest BCUT2D eigenvalue weighted by molar-refractivity contribution is 6.30. The van der Waals surface area contributed by atoms with Crippen LogP contribution in [0.1, 0.15) is 35.4 Å². The second-order valence-corrected chi connectivity index (χ2v) is 7.86. The largest absolute Gasteiger partial charge is 0.493 e. The maximum absolute atomic E-state index is 14.0. The summed E-state index contributed by atoms with van der Waals surface area (Å²) in [6.07, 6.45) is 0.102. The molecule has 7 heteroatoms. The highest BCUT2D eigenvalue weighted by Gasteiger charge is 2.41. The zero-order valence-corrected chi connectivity index (χ0v) is 17.8. The van der Waals surface area contributed by atoms with Crippen LogP contribution in [0.2, 0.25) is 5.02 Å². The van der Waals surface area contributed by atoms with Gasteiger partial charge in [-0.3, -0.25) is 0 Å². The monoisotopic (exact) mass is 438 g/mol. The SMILES string of the molecule is COc1ccc(C2=NN3[C@@H](c4cccc(F)c4)Oc4ccc(Cl)cc4[C@@H]3C2)cc1OC. The third-order valence-corrected chi connectivity index (χ3v) is 5.84. The smallest absolute Gasteiger partial charge is 0.213 e. The number of halogens is 2. The molecule has 0 bridgehead atoms. The minimum atomic E-state index is -0.549. The van der Waals surface area contributed by atoms with Crippen molar-refractivity contribution in [1.29, 1.82) is 0 Å². The molecule has 158 valence electrons. The molecule has 0 aliphatic carbocycles. The Bertz CT molecular complexity index is 1180. The van der Waals surface area contributed by atoms with Crippen LogP contribution < -0.4 is 14.2 Å². The van der Waals surface area contributed by atoms with Crippen molar-refractivity contribution in [3.05, 3.63) is 88.2 Å². The molecule has 0 saturated heterocycles. The molecule has 0 N–H and O–H groups in total. The molecule has 31 heavy (non-hydrogen) atoms. The van der Waals surface area contributed by atoms with E-state index in [4.69, 9.17) is 30.9 Å². The summed E-state index contributed by atoms with van der Waals surface area (Å²) in [6, 6.07) is 17.6. The van der Waals surface area contributed by atoms with E-state index in [1.54, 1.807) is 26.4 Å². The maximum atomic E-state index is 14.0. The first-order chi connectivity index (χ1) is 15.1. The second-order valence-electron chi connectivity index (χ2n) is 7.42. The van der Waals surface area contributed by atoms with Crippen LogP contribution in [0.15, 0.2) is 65.8 Å². The van der Waals surface area contributed by atoms with E-state index < -0.39 is 6.23 Å². The number of methoxy groups -OCH3 is 2. The molecule has 0 fully saturated rings. The van der Waals surface area contributed by atoms with Crippen molar-refractivity contribution in [2.75, 3.05) is 14.2 Å². The number of hydrogen-bond acceptors (Lipinski definition) is 5. The Hall–Kier alpha value is -3.25. The fourth-order valence-corrected chi connectivity index (χ4v) is 4.31. The lowest BCUT2D eigenvalue weighted by atomic mass is 9.95. The third-order valence-electron chi connectivity index (χ3n) is 5.60. The number of rotatable bonds is 4. The molecular weight excluding hydrogens is 419 g/mol. The van der Waals surface area contributed by atoms with Crippen molar-refractivity contribution in [1.82, 2.24) is 5.01 Å². The van der Waals surface area contributed by atoms with Gasteiger partial charge in [0.2, 0.25) is 6.23 Å². The summed E-state index contributed by atoms with van der Waals surface area (Å²) in [5.41, 5.74) is 3.46. The van der Waals surface area contributed by atoms with Crippen LogP contribution in [0.25, 0.3) is 0 Å². The van der Waals surface area contributed by atoms with E-state index in [1.807, 2.05) is 41.4 Å². The maximum Gasteiger partial charge on any atom is 0.213 e. The lowest BCUT2D eigenvalue weighted by Crippen LogP contribution is -2.33. The Balaban J connectivity index is 1.59. The van der Waals surface area contributed by atoms with Crippen LogP contribution in [0, 0.1) is 5.82 Å². The molecule has 3 aromatic carbocycles. The molecule has 3 aromatic rings. The standard InChI is InChI=1S/C24H20ClFN2O3/c1-29-22-8-6-14(11-23(22)30-2)19-13-20-18-12-16(25)7-9-21(18)31-24(28(20)27-19)15-4-3-5-17(26)10-15/h3-12,20,24H,13H2,1-2H3/t20-,24+/m0/s1. The molecule has 0 radical (unpaired) electrons. The Morgan fingerprint density at radius 1 is 1.03 bits per heavy atom. The van der Waals surface area contributed by atoms with Gasteiger partial charge in [-0.15, -0.1) is 0 Å². The number of fused-ring (bicyclic) bond motifs is 3. The molecular formula is C24H20ClFN2O3. The second kappa shape index (κ2) is 7.78. The molecule has 0 aromatic heterocycles. The zero-order chi connectivity index (χ0) is 21.5. The molecule has 0 unspecified atom stereocenters. The van der Waals surface area contributed by atoms with E-state index in [0.29, 0.717) is 28.5 Å². The third kappa shape index (κ3) is 3.47. The van der Waals surface area contributed by atoms with Gasteiger partial charge in [0.1, 0.15) is 11.6 Å². The molecule has 2 aliphatic rings. The molecule has 2 atom stereocenters. The first kappa shape index (κ1) is 19.7. The van der Waals surface area contributed by atoms with Crippen molar-refractivity contribution in [2.24, 2.45) is 5.10 Å². The van der Waals surface area contributed by atoms with Crippen molar-refractivity contribution >= 4 is 17.3 Å². The van der Waals surface area contributed by atoms with Crippen LogP contribution in [0.4, 0.5) is 4.39 Å². The average molecular weight is 439 g/mol. The van der Waals surface area contributed by atoms with Gasteiger partial charge in [0, 0.05) is 28.1 Å². The van der Waals surface area contributed by atoms with Gasteiger partial charge in [-0.05, 0) is 48.5 Å². The van der Waals surface area contributed by atoms with Crippen molar-refractivity contribution in [3.8, 4) is 17.2 Å². The predicted molar refractivity (Wildman–Crippen MR) is 117 cm³/mol. The number of nitrogens with zero attached hydrogens (tertiary/aromatic N) is 2. The Labute approximate surface area is 184 Å². The minimum absolute atomic E-state index is 0.0844. The molecule has 0 amide bonds. The van der Waals surface area contributed by atoms with E-state index in [9.17, 15) is 4.39 Å². The fraction of sp³-hybridized carbons (Fsp3) is 0.208. The van der Waals surface area contributed by atoms with Gasteiger partial charge >= 0.3 is 0 Å². The number of ether oxygens (including phenoxy) is 3. The quantitative estimate of drug-likeness (QED) is 0.521. The summed E-state index contributed by atoms with van der Waals surface area (Å²) in [5.74, 6) is 1.70. The summed E-state index contributed by atoms with van der Waals surface area (Å²) in [5, 5.41) is 7.41. The summed E-state index contributed by atoms with van der Waals surface area (Å²) < 4.78 is 31.0. The predicted octanol–water partition coefficient (Wildman–Crippen LogP) is 5.74. The van der Waals surface area contributed by atoms with Gasteiger partial charge in [0.25, 0.3) is 0 Å². The summed E-state index contributed by atoms with van der Waals surface area (Å²) in [7, 11) is 3.21. The van der Waals surface area contributed by atoms with Gasteiger partial charge in [-0.25, -0.2) is 9.40 Å².